The number of aryl methyl sites for hydroxylation is 1. The summed E-state index contributed by atoms with van der Waals surface area (Å²) < 4.78 is 365. The number of carbonyl (C=O) groups is 2. The molecule has 0 spiro atoms. The third kappa shape index (κ3) is 10.5. The average Bonchev–Trinajstić information content (AvgIpc) is 3.20. The second-order valence-electron chi connectivity index (χ2n) is 14.0. The number of halogens is 26. The molecule has 0 heterocycles. The summed E-state index contributed by atoms with van der Waals surface area (Å²) in [7, 11) is 0. The first kappa shape index (κ1) is 57.7. The standard InChI is InChI=1S/C37H22F26O6/c1-17-16-22(68-24(64)18-2-6-20(7-3-18)66-14-12-26(38,39)28(42,43)30(46,47)32(50,51)34(54,55)36(58,59)60)10-11-23(17)69-25(65)19-4-8-21(9-5-19)67-15-13-27(40,41)29(44,45)31(48,49)33(52,53)35(56,57)37(61,62)63/h2-11,16H,12-15H2,1H3. The number of hydrogen-bond acceptors (Lipinski definition) is 6. The molecule has 6 nitrogen and oxygen atoms in total. The first-order valence-electron chi connectivity index (χ1n) is 17.7. The number of alkyl halides is 26. The molecule has 69 heavy (non-hydrogen) atoms. The highest BCUT2D eigenvalue weighted by molar-refractivity contribution is 5.92. The Hall–Kier alpha value is -5.62. The van der Waals surface area contributed by atoms with Gasteiger partial charge in [-0.15, -0.1) is 0 Å². The molecule has 0 aliphatic heterocycles. The summed E-state index contributed by atoms with van der Waals surface area (Å²) in [5.41, 5.74) is -0.741. The molecule has 3 aromatic rings. The number of hydrogen-bond donors (Lipinski definition) is 0. The van der Waals surface area contributed by atoms with Gasteiger partial charge in [0.25, 0.3) is 0 Å². The van der Waals surface area contributed by atoms with Crippen LogP contribution in [0.3, 0.4) is 0 Å². The summed E-state index contributed by atoms with van der Waals surface area (Å²) in [5, 5.41) is 0. The first-order chi connectivity index (χ1) is 30.8. The van der Waals surface area contributed by atoms with Crippen LogP contribution in [0, 0.1) is 6.92 Å². The van der Waals surface area contributed by atoms with Gasteiger partial charge >= 0.3 is 83.5 Å². The molecule has 0 aliphatic carbocycles. The van der Waals surface area contributed by atoms with Crippen molar-refractivity contribution in [1.82, 2.24) is 0 Å². The number of benzene rings is 3. The van der Waals surface area contributed by atoms with Crippen LogP contribution in [0.4, 0.5) is 114 Å². The van der Waals surface area contributed by atoms with Gasteiger partial charge < -0.3 is 18.9 Å². The molecule has 0 N–H and O–H groups in total. The second kappa shape index (κ2) is 18.6. The van der Waals surface area contributed by atoms with E-state index in [-0.39, 0.29) is 22.6 Å². The van der Waals surface area contributed by atoms with Gasteiger partial charge in [-0.2, -0.15) is 114 Å². The molecule has 0 fully saturated rings. The fourth-order valence-corrected chi connectivity index (χ4v) is 5.01. The smallest absolute Gasteiger partial charge is 0.460 e. The Bertz CT molecular complexity index is 2290. The third-order valence-corrected chi connectivity index (χ3v) is 9.11. The van der Waals surface area contributed by atoms with Gasteiger partial charge in [0.1, 0.15) is 23.0 Å². The van der Waals surface area contributed by atoms with Crippen LogP contribution in [0.2, 0.25) is 0 Å². The summed E-state index contributed by atoms with van der Waals surface area (Å²) in [5.74, 6) is -79.9. The molecule has 0 atom stereocenters. The zero-order valence-electron chi connectivity index (χ0n) is 33.0. The van der Waals surface area contributed by atoms with Gasteiger partial charge in [0.15, 0.2) is 0 Å². The number of rotatable bonds is 20. The van der Waals surface area contributed by atoms with Crippen LogP contribution < -0.4 is 18.9 Å². The highest BCUT2D eigenvalue weighted by Gasteiger charge is 2.92. The molecule has 3 rings (SSSR count). The van der Waals surface area contributed by atoms with Crippen molar-refractivity contribution < 1.29 is 143 Å². The van der Waals surface area contributed by atoms with Gasteiger partial charge in [-0.3, -0.25) is 0 Å². The Morgan fingerprint density at radius 3 is 0.971 bits per heavy atom. The second-order valence-corrected chi connectivity index (χ2v) is 14.0. The Balaban J connectivity index is 1.58. The van der Waals surface area contributed by atoms with Crippen LogP contribution in [0.1, 0.15) is 39.1 Å². The monoisotopic (exact) mass is 1060 g/mol. The third-order valence-electron chi connectivity index (χ3n) is 9.11. The van der Waals surface area contributed by atoms with Gasteiger partial charge in [-0.05, 0) is 79.2 Å². The van der Waals surface area contributed by atoms with Gasteiger partial charge in [0, 0.05) is 0 Å². The Morgan fingerprint density at radius 1 is 0.377 bits per heavy atom. The van der Waals surface area contributed by atoms with E-state index in [2.05, 4.69) is 9.47 Å². The Kier molecular flexibility index (Phi) is 15.6. The lowest BCUT2D eigenvalue weighted by atomic mass is 9.93. The SMILES string of the molecule is Cc1cc(OC(=O)c2ccc(OCCC(F)(F)C(F)(F)C(F)(F)C(F)(F)C(F)(F)C(F)(F)F)cc2)ccc1OC(=O)c1ccc(OCCC(F)(F)C(F)(F)C(F)(F)C(F)(F)C(F)(F)C(F)(F)F)cc1. The molecule has 0 bridgehead atoms. The summed E-state index contributed by atoms with van der Waals surface area (Å²) in [6, 6.07) is 9.34. The fraction of sp³-hybridized carbons (Fsp3) is 0.459. The van der Waals surface area contributed by atoms with E-state index in [0.717, 1.165) is 66.7 Å². The molecule has 0 aliphatic rings. The highest BCUT2D eigenvalue weighted by atomic mass is 19.4. The van der Waals surface area contributed by atoms with E-state index in [0.29, 0.717) is 0 Å². The minimum atomic E-state index is -8.08. The van der Waals surface area contributed by atoms with Gasteiger partial charge in [0.2, 0.25) is 0 Å². The largest absolute Gasteiger partial charge is 0.493 e. The number of esters is 2. The van der Waals surface area contributed by atoms with Crippen LogP contribution in [-0.2, 0) is 0 Å². The summed E-state index contributed by atoms with van der Waals surface area (Å²) in [6.07, 6.45) is -20.5. The molecule has 3 aromatic carbocycles. The van der Waals surface area contributed by atoms with Crippen LogP contribution >= 0.6 is 0 Å². The molecule has 0 aromatic heterocycles. The zero-order valence-corrected chi connectivity index (χ0v) is 33.0. The number of ether oxygens (including phenoxy) is 4. The molecular weight excluding hydrogens is 1030 g/mol. The minimum Gasteiger partial charge on any atom is -0.493 e. The van der Waals surface area contributed by atoms with E-state index < -0.39 is 127 Å². The lowest BCUT2D eigenvalue weighted by Crippen LogP contribution is -2.70. The van der Waals surface area contributed by atoms with Crippen molar-refractivity contribution in [2.24, 2.45) is 0 Å². The van der Waals surface area contributed by atoms with Gasteiger partial charge in [-0.25, -0.2) is 9.59 Å². The summed E-state index contributed by atoms with van der Waals surface area (Å²) in [4.78, 5) is 25.2. The van der Waals surface area contributed by atoms with Crippen molar-refractivity contribution in [1.29, 1.82) is 0 Å². The van der Waals surface area contributed by atoms with E-state index in [1.165, 1.54) is 6.92 Å². The topological polar surface area (TPSA) is 71.1 Å². The maximum atomic E-state index is 14.0. The van der Waals surface area contributed by atoms with E-state index in [1.54, 1.807) is 0 Å². The minimum absolute atomic E-state index is 0.0403. The maximum absolute atomic E-state index is 14.0. The van der Waals surface area contributed by atoms with E-state index >= 15 is 0 Å². The van der Waals surface area contributed by atoms with Crippen molar-refractivity contribution in [2.45, 2.75) is 91.3 Å². The van der Waals surface area contributed by atoms with E-state index in [9.17, 15) is 124 Å². The lowest BCUT2D eigenvalue weighted by Gasteiger charge is -2.39. The van der Waals surface area contributed by atoms with Crippen molar-refractivity contribution in [3.8, 4) is 23.0 Å². The highest BCUT2D eigenvalue weighted by Crippen LogP contribution is 2.62. The maximum Gasteiger partial charge on any atom is 0.460 e. The van der Waals surface area contributed by atoms with Crippen LogP contribution in [0.25, 0.3) is 0 Å². The molecule has 388 valence electrons. The normalized spacial score (nSPS) is 14.4. The predicted molar refractivity (Wildman–Crippen MR) is 176 cm³/mol. The quantitative estimate of drug-likeness (QED) is 0.0638. The van der Waals surface area contributed by atoms with Crippen molar-refractivity contribution >= 4 is 11.9 Å². The number of carbonyl (C=O) groups excluding carboxylic acids is 2. The van der Waals surface area contributed by atoms with Gasteiger partial charge in [-0.1, -0.05) is 0 Å². The Morgan fingerprint density at radius 2 is 0.667 bits per heavy atom. The lowest BCUT2D eigenvalue weighted by molar-refractivity contribution is -0.440. The zero-order chi connectivity index (χ0) is 53.6. The van der Waals surface area contributed by atoms with Crippen LogP contribution in [0.5, 0.6) is 23.0 Å². The molecule has 0 radical (unpaired) electrons. The predicted octanol–water partition coefficient (Wildman–Crippen LogP) is 13.4. The molecule has 0 saturated heterocycles. The fourth-order valence-electron chi connectivity index (χ4n) is 5.01. The average molecular weight is 1060 g/mol. The molecule has 0 amide bonds. The molecule has 0 unspecified atom stereocenters. The summed E-state index contributed by atoms with van der Waals surface area (Å²) >= 11 is 0. The first-order valence-corrected chi connectivity index (χ1v) is 17.7. The van der Waals surface area contributed by atoms with Crippen LogP contribution in [-0.4, -0.2) is 96.7 Å². The van der Waals surface area contributed by atoms with E-state index in [1.807, 2.05) is 0 Å². The van der Waals surface area contributed by atoms with Gasteiger partial charge in [0.05, 0.1) is 37.2 Å². The summed E-state index contributed by atoms with van der Waals surface area (Å²) in [6.45, 7) is -2.29. The molecule has 32 heteroatoms. The van der Waals surface area contributed by atoms with E-state index in [4.69, 9.17) is 9.47 Å². The van der Waals surface area contributed by atoms with Crippen molar-refractivity contribution in [3.63, 3.8) is 0 Å². The molecule has 0 saturated carbocycles. The van der Waals surface area contributed by atoms with Crippen molar-refractivity contribution in [3.05, 3.63) is 83.4 Å². The molecular formula is C37H22F26O6. The van der Waals surface area contributed by atoms with Crippen LogP contribution in [0.15, 0.2) is 66.7 Å². The van der Waals surface area contributed by atoms with Crippen molar-refractivity contribution in [2.75, 3.05) is 13.2 Å². The Labute approximate surface area is 366 Å².